The first-order chi connectivity index (χ1) is 35.7. The van der Waals surface area contributed by atoms with Gasteiger partial charge in [-0.25, -0.2) is 0 Å². The Morgan fingerprint density at radius 2 is 0.361 bits per heavy atom. The lowest BCUT2D eigenvalue weighted by Crippen LogP contribution is -1.95. The van der Waals surface area contributed by atoms with Gasteiger partial charge in [0.2, 0.25) is 0 Å². The van der Waals surface area contributed by atoms with Gasteiger partial charge >= 0.3 is 0 Å². The van der Waals surface area contributed by atoms with Gasteiger partial charge in [-0.1, -0.05) is 243 Å². The van der Waals surface area contributed by atoms with E-state index in [1.807, 2.05) is 0 Å². The lowest BCUT2D eigenvalue weighted by Gasteiger charge is -2.22. The summed E-state index contributed by atoms with van der Waals surface area (Å²) in [5, 5.41) is 14.8. The van der Waals surface area contributed by atoms with E-state index in [9.17, 15) is 0 Å². The van der Waals surface area contributed by atoms with Crippen molar-refractivity contribution in [1.82, 2.24) is 0 Å². The van der Waals surface area contributed by atoms with Crippen molar-refractivity contribution in [2.75, 3.05) is 0 Å². The molecule has 0 spiro atoms. The Hall–Kier alpha value is -9.36. The van der Waals surface area contributed by atoms with Crippen LogP contribution in [0.1, 0.15) is 0 Å². The normalized spacial score (nSPS) is 11.6. The molecule has 14 aromatic carbocycles. The minimum absolute atomic E-state index is 1.21. The molecule has 0 heterocycles. The highest BCUT2D eigenvalue weighted by atomic mass is 14.3. The molecule has 0 saturated heterocycles. The zero-order chi connectivity index (χ0) is 47.5. The van der Waals surface area contributed by atoms with Gasteiger partial charge in [0, 0.05) is 0 Å². The Morgan fingerprint density at radius 3 is 0.625 bits per heavy atom. The first-order valence-corrected chi connectivity index (χ1v) is 25.0. The molecule has 0 radical (unpaired) electrons. The summed E-state index contributed by atoms with van der Waals surface area (Å²) in [6.07, 6.45) is 0. The monoisotopic (exact) mass is 910 g/mol. The fraction of sp³-hybridized carbons (Fsp3) is 0. The SMILES string of the molecule is c1ccc(-c2cc3ccc(-c4c5ccccc5c(-c5c6ccccc6c(-c6ccc7cc(-c8ccccc8)c(-c8ccccc8)cc7c6)c6ccccc56)c5ccccc45)cc3cc2-c2ccccc2)cc1. The van der Waals surface area contributed by atoms with Crippen molar-refractivity contribution in [3.8, 4) is 77.9 Å². The maximum Gasteiger partial charge on any atom is -0.00139 e. The molecule has 0 aromatic heterocycles. The number of benzene rings is 14. The van der Waals surface area contributed by atoms with Gasteiger partial charge in [0.15, 0.2) is 0 Å². The van der Waals surface area contributed by atoms with Crippen LogP contribution in [-0.2, 0) is 0 Å². The largest absolute Gasteiger partial charge is 0.0622 e. The minimum atomic E-state index is 1.21. The van der Waals surface area contributed by atoms with Crippen molar-refractivity contribution >= 4 is 64.6 Å². The molecule has 0 unspecified atom stereocenters. The highest BCUT2D eigenvalue weighted by molar-refractivity contribution is 6.30. The summed E-state index contributed by atoms with van der Waals surface area (Å²) in [6.45, 7) is 0. The number of hydrogen-bond acceptors (Lipinski definition) is 0. The molecule has 72 heavy (non-hydrogen) atoms. The third kappa shape index (κ3) is 6.91. The van der Waals surface area contributed by atoms with Gasteiger partial charge in [0.1, 0.15) is 0 Å². The topological polar surface area (TPSA) is 0 Å². The van der Waals surface area contributed by atoms with Crippen LogP contribution in [0.4, 0.5) is 0 Å². The van der Waals surface area contributed by atoms with E-state index in [4.69, 9.17) is 0 Å². The average Bonchev–Trinajstić information content (AvgIpc) is 3.46. The summed E-state index contributed by atoms with van der Waals surface area (Å²) in [5.41, 5.74) is 17.3. The Balaban J connectivity index is 0.989. The van der Waals surface area contributed by atoms with E-state index >= 15 is 0 Å². The van der Waals surface area contributed by atoms with Crippen LogP contribution >= 0.6 is 0 Å². The summed E-state index contributed by atoms with van der Waals surface area (Å²) in [4.78, 5) is 0. The third-order valence-corrected chi connectivity index (χ3v) is 15.0. The predicted octanol–water partition coefficient (Wildman–Crippen LogP) is 20.3. The molecule has 0 atom stereocenters. The molecule has 0 heteroatoms. The lowest BCUT2D eigenvalue weighted by molar-refractivity contribution is 1.60. The van der Waals surface area contributed by atoms with Crippen LogP contribution in [0.2, 0.25) is 0 Å². The fourth-order valence-corrected chi connectivity index (χ4v) is 11.8. The average molecular weight is 911 g/mol. The number of rotatable bonds is 7. The van der Waals surface area contributed by atoms with Crippen LogP contribution in [0.15, 0.2) is 279 Å². The van der Waals surface area contributed by atoms with Gasteiger partial charge < -0.3 is 0 Å². The van der Waals surface area contributed by atoms with Crippen LogP contribution in [0.3, 0.4) is 0 Å². The van der Waals surface area contributed by atoms with Crippen LogP contribution in [0.25, 0.3) is 143 Å². The van der Waals surface area contributed by atoms with Gasteiger partial charge in [0.25, 0.3) is 0 Å². The van der Waals surface area contributed by atoms with Gasteiger partial charge in [-0.2, -0.15) is 0 Å². The Kier molecular flexibility index (Phi) is 9.96. The van der Waals surface area contributed by atoms with Crippen LogP contribution < -0.4 is 0 Å². The minimum Gasteiger partial charge on any atom is -0.0622 e. The molecule has 0 nitrogen and oxygen atoms in total. The van der Waals surface area contributed by atoms with Gasteiger partial charge in [0.05, 0.1) is 0 Å². The van der Waals surface area contributed by atoms with Crippen molar-refractivity contribution < 1.29 is 0 Å². The van der Waals surface area contributed by atoms with E-state index in [1.54, 1.807) is 0 Å². The molecule has 0 saturated carbocycles. The summed E-state index contributed by atoms with van der Waals surface area (Å²) in [5.74, 6) is 0. The van der Waals surface area contributed by atoms with Crippen molar-refractivity contribution in [3.05, 3.63) is 279 Å². The summed E-state index contributed by atoms with van der Waals surface area (Å²) in [7, 11) is 0. The Labute approximate surface area is 419 Å². The molecule has 0 aliphatic carbocycles. The molecular weight excluding hydrogens is 865 g/mol. The number of hydrogen-bond donors (Lipinski definition) is 0. The molecular formula is C72H46. The van der Waals surface area contributed by atoms with Gasteiger partial charge in [-0.15, -0.1) is 0 Å². The molecule has 0 fully saturated rings. The smallest absolute Gasteiger partial charge is 0.00139 e. The third-order valence-electron chi connectivity index (χ3n) is 15.0. The second-order valence-corrected chi connectivity index (χ2v) is 19.1. The lowest BCUT2D eigenvalue weighted by atomic mass is 9.80. The second kappa shape index (κ2) is 17.2. The van der Waals surface area contributed by atoms with Crippen molar-refractivity contribution in [2.45, 2.75) is 0 Å². The van der Waals surface area contributed by atoms with E-state index in [2.05, 4.69) is 279 Å². The van der Waals surface area contributed by atoms with Crippen LogP contribution in [-0.4, -0.2) is 0 Å². The van der Waals surface area contributed by atoms with Crippen molar-refractivity contribution in [2.24, 2.45) is 0 Å². The first kappa shape index (κ1) is 41.6. The zero-order valence-electron chi connectivity index (χ0n) is 39.6. The molecule has 14 rings (SSSR count). The standard InChI is InChI=1S/C72H46/c1-5-21-47(22-6-1)65-43-51-37-39-53(41-55(51)45-67(65)49-25-9-3-10-26-49)69-57-29-13-17-33-61(57)71(62-34-18-14-30-58(62)69)72-63-35-19-15-31-59(63)70(60-32-16-20-36-64(60)72)54-40-38-52-44-66(48-23-7-2-8-24-48)68(46-56(52)42-54)50-27-11-4-12-28-50/h1-46H. The Bertz CT molecular complexity index is 4000. The van der Waals surface area contributed by atoms with E-state index in [0.29, 0.717) is 0 Å². The second-order valence-electron chi connectivity index (χ2n) is 19.1. The highest BCUT2D eigenvalue weighted by Crippen LogP contribution is 2.51. The molecule has 0 aliphatic rings. The maximum atomic E-state index is 2.42. The molecule has 0 bridgehead atoms. The first-order valence-electron chi connectivity index (χ1n) is 25.0. The predicted molar refractivity (Wildman–Crippen MR) is 310 cm³/mol. The summed E-state index contributed by atoms with van der Waals surface area (Å²) < 4.78 is 0. The summed E-state index contributed by atoms with van der Waals surface area (Å²) in [6, 6.07) is 103. The van der Waals surface area contributed by atoms with Crippen LogP contribution in [0, 0.1) is 0 Å². The zero-order valence-corrected chi connectivity index (χ0v) is 39.6. The van der Waals surface area contributed by atoms with Crippen molar-refractivity contribution in [1.29, 1.82) is 0 Å². The summed E-state index contributed by atoms with van der Waals surface area (Å²) >= 11 is 0. The number of fused-ring (bicyclic) bond motifs is 6. The molecule has 0 amide bonds. The van der Waals surface area contributed by atoms with E-state index in [1.165, 1.54) is 143 Å². The van der Waals surface area contributed by atoms with Gasteiger partial charge in [-0.05, 0) is 179 Å². The molecule has 0 aliphatic heterocycles. The van der Waals surface area contributed by atoms with Crippen LogP contribution in [0.5, 0.6) is 0 Å². The van der Waals surface area contributed by atoms with E-state index in [0.717, 1.165) is 0 Å². The highest BCUT2D eigenvalue weighted by Gasteiger charge is 2.23. The van der Waals surface area contributed by atoms with Gasteiger partial charge in [-0.3, -0.25) is 0 Å². The Morgan fingerprint density at radius 1 is 0.139 bits per heavy atom. The van der Waals surface area contributed by atoms with E-state index in [-0.39, 0.29) is 0 Å². The maximum absolute atomic E-state index is 2.42. The quantitative estimate of drug-likeness (QED) is 0.140. The fourth-order valence-electron chi connectivity index (χ4n) is 11.8. The molecule has 0 N–H and O–H groups in total. The van der Waals surface area contributed by atoms with Crippen molar-refractivity contribution in [3.63, 3.8) is 0 Å². The molecule has 334 valence electrons. The molecule has 14 aromatic rings. The van der Waals surface area contributed by atoms with E-state index < -0.39 is 0 Å².